The van der Waals surface area contributed by atoms with Crippen LogP contribution in [-0.2, 0) is 0 Å². The van der Waals surface area contributed by atoms with Gasteiger partial charge in [-0.15, -0.1) is 0 Å². The van der Waals surface area contributed by atoms with Crippen molar-refractivity contribution in [2.24, 2.45) is 4.99 Å². The van der Waals surface area contributed by atoms with Crippen LogP contribution in [0.3, 0.4) is 0 Å². The van der Waals surface area contributed by atoms with Gasteiger partial charge in [-0.2, -0.15) is 0 Å². The maximum absolute atomic E-state index is 4.38. The van der Waals surface area contributed by atoms with Crippen LogP contribution >= 0.6 is 0 Å². The molecule has 0 radical (unpaired) electrons. The van der Waals surface area contributed by atoms with E-state index in [2.05, 4.69) is 15.0 Å². The molecule has 0 fully saturated rings. The molecule has 1 aromatic heterocycles. The monoisotopic (exact) mass is 189 g/mol. The quantitative estimate of drug-likeness (QED) is 0.684. The Morgan fingerprint density at radius 2 is 2.29 bits per heavy atom. The highest BCUT2D eigenvalue weighted by molar-refractivity contribution is 6.07. The summed E-state index contributed by atoms with van der Waals surface area (Å²) in [4.78, 5) is 12.4. The van der Waals surface area contributed by atoms with Gasteiger partial charge in [-0.25, -0.2) is 9.97 Å². The average Bonchev–Trinajstić information content (AvgIpc) is 2.18. The van der Waals surface area contributed by atoms with Crippen LogP contribution in [0.4, 0.5) is 0 Å². The van der Waals surface area contributed by atoms with E-state index in [0.29, 0.717) is 0 Å². The number of allylic oxidation sites excluding steroid dienone is 2. The van der Waals surface area contributed by atoms with Crippen molar-refractivity contribution < 1.29 is 0 Å². The minimum atomic E-state index is 0.767. The maximum Gasteiger partial charge on any atom is 0.116 e. The number of nitrogens with zero attached hydrogens (tertiary/aromatic N) is 3. The minimum Gasteiger partial charge on any atom is -0.283 e. The summed E-state index contributed by atoms with van der Waals surface area (Å²) in [6.07, 6.45) is 5.30. The van der Waals surface area contributed by atoms with Crippen LogP contribution in [0.25, 0.3) is 0 Å². The third-order valence-corrected chi connectivity index (χ3v) is 1.60. The Balaban J connectivity index is 3.02. The predicted molar refractivity (Wildman–Crippen MR) is 58.5 cm³/mol. The molecule has 0 unspecified atom stereocenters. The SMILES string of the molecule is CC/N=C(\C=C(C)C)c1ccncn1. The highest BCUT2D eigenvalue weighted by Crippen LogP contribution is 2.00. The van der Waals surface area contributed by atoms with Crippen LogP contribution in [0.1, 0.15) is 26.5 Å². The Morgan fingerprint density at radius 3 is 2.79 bits per heavy atom. The average molecular weight is 189 g/mol. The second-order valence-corrected chi connectivity index (χ2v) is 3.18. The lowest BCUT2D eigenvalue weighted by Gasteiger charge is -2.00. The molecule has 0 saturated carbocycles. The van der Waals surface area contributed by atoms with Crippen molar-refractivity contribution in [3.8, 4) is 0 Å². The van der Waals surface area contributed by atoms with Crippen molar-refractivity contribution in [3.05, 3.63) is 35.9 Å². The van der Waals surface area contributed by atoms with Gasteiger partial charge in [0.1, 0.15) is 6.33 Å². The van der Waals surface area contributed by atoms with Crippen LogP contribution < -0.4 is 0 Å². The van der Waals surface area contributed by atoms with Crippen LogP contribution in [0.5, 0.6) is 0 Å². The molecule has 0 spiro atoms. The van der Waals surface area contributed by atoms with Crippen LogP contribution in [0.15, 0.2) is 35.2 Å². The molecule has 3 heteroatoms. The lowest BCUT2D eigenvalue weighted by molar-refractivity contribution is 1.10. The molecule has 74 valence electrons. The molecule has 3 nitrogen and oxygen atoms in total. The van der Waals surface area contributed by atoms with E-state index in [9.17, 15) is 0 Å². The van der Waals surface area contributed by atoms with Gasteiger partial charge >= 0.3 is 0 Å². The molecule has 1 heterocycles. The normalized spacial score (nSPS) is 11.2. The van der Waals surface area contributed by atoms with Gasteiger partial charge in [-0.3, -0.25) is 4.99 Å². The standard InChI is InChI=1S/C11H15N3/c1-4-13-11(7-9(2)3)10-5-6-12-8-14-10/h5-8H,4H2,1-3H3/b13-11+. The summed E-state index contributed by atoms with van der Waals surface area (Å²) in [7, 11) is 0. The van der Waals surface area contributed by atoms with Gasteiger partial charge in [0.15, 0.2) is 0 Å². The van der Waals surface area contributed by atoms with Crippen molar-refractivity contribution in [2.45, 2.75) is 20.8 Å². The van der Waals surface area contributed by atoms with Crippen molar-refractivity contribution in [3.63, 3.8) is 0 Å². The van der Waals surface area contributed by atoms with Gasteiger partial charge in [0.25, 0.3) is 0 Å². The first-order valence-corrected chi connectivity index (χ1v) is 4.69. The number of hydrogen-bond acceptors (Lipinski definition) is 3. The maximum atomic E-state index is 4.38. The largest absolute Gasteiger partial charge is 0.283 e. The first-order valence-electron chi connectivity index (χ1n) is 4.69. The molecule has 0 N–H and O–H groups in total. The number of hydrogen-bond donors (Lipinski definition) is 0. The van der Waals surface area contributed by atoms with Crippen molar-refractivity contribution in [2.75, 3.05) is 6.54 Å². The third kappa shape index (κ3) is 3.09. The van der Waals surface area contributed by atoms with Gasteiger partial charge in [0, 0.05) is 12.7 Å². The van der Waals surface area contributed by atoms with Crippen molar-refractivity contribution >= 4 is 5.71 Å². The summed E-state index contributed by atoms with van der Waals surface area (Å²) in [5.41, 5.74) is 3.02. The second kappa shape index (κ2) is 5.27. The fraction of sp³-hybridized carbons (Fsp3) is 0.364. The first kappa shape index (κ1) is 10.6. The topological polar surface area (TPSA) is 38.1 Å². The summed E-state index contributed by atoms with van der Waals surface area (Å²) >= 11 is 0. The molecule has 1 aromatic rings. The van der Waals surface area contributed by atoms with E-state index in [4.69, 9.17) is 0 Å². The Kier molecular flexibility index (Phi) is 3.98. The van der Waals surface area contributed by atoms with E-state index < -0.39 is 0 Å². The summed E-state index contributed by atoms with van der Waals surface area (Å²) in [6.45, 7) is 6.88. The van der Waals surface area contributed by atoms with Crippen LogP contribution in [0.2, 0.25) is 0 Å². The Hall–Kier alpha value is -1.51. The molecular formula is C11H15N3. The van der Waals surface area contributed by atoms with E-state index in [1.807, 2.05) is 32.9 Å². The molecule has 14 heavy (non-hydrogen) atoms. The summed E-state index contributed by atoms with van der Waals surface area (Å²) < 4.78 is 0. The molecule has 0 amide bonds. The molecule has 0 saturated heterocycles. The lowest BCUT2D eigenvalue weighted by Crippen LogP contribution is -2.01. The zero-order chi connectivity index (χ0) is 10.4. The fourth-order valence-electron chi connectivity index (χ4n) is 1.09. The van der Waals surface area contributed by atoms with E-state index in [-0.39, 0.29) is 0 Å². The molecule has 0 bridgehead atoms. The minimum absolute atomic E-state index is 0.767. The highest BCUT2D eigenvalue weighted by atomic mass is 14.8. The van der Waals surface area contributed by atoms with Gasteiger partial charge < -0.3 is 0 Å². The van der Waals surface area contributed by atoms with Gasteiger partial charge in [-0.05, 0) is 32.9 Å². The number of rotatable bonds is 3. The predicted octanol–water partition coefficient (Wildman–Crippen LogP) is 2.25. The Labute approximate surface area is 84.6 Å². The molecule has 1 rings (SSSR count). The summed E-state index contributed by atoms with van der Waals surface area (Å²) in [5.74, 6) is 0. The fourth-order valence-corrected chi connectivity index (χ4v) is 1.09. The zero-order valence-corrected chi connectivity index (χ0v) is 8.86. The third-order valence-electron chi connectivity index (χ3n) is 1.60. The number of aromatic nitrogens is 2. The highest BCUT2D eigenvalue weighted by Gasteiger charge is 1.99. The summed E-state index contributed by atoms with van der Waals surface area (Å²) in [5, 5.41) is 0. The molecule has 0 aliphatic carbocycles. The van der Waals surface area contributed by atoms with Gasteiger partial charge in [0.2, 0.25) is 0 Å². The van der Waals surface area contributed by atoms with E-state index in [0.717, 1.165) is 18.0 Å². The Bertz CT molecular complexity index is 335. The lowest BCUT2D eigenvalue weighted by atomic mass is 10.2. The van der Waals surface area contributed by atoms with Crippen LogP contribution in [0, 0.1) is 0 Å². The Morgan fingerprint density at radius 1 is 1.50 bits per heavy atom. The van der Waals surface area contributed by atoms with E-state index in [1.54, 1.807) is 12.5 Å². The number of aliphatic imine (C=N–C) groups is 1. The molecule has 0 atom stereocenters. The molecule has 0 aromatic carbocycles. The van der Waals surface area contributed by atoms with Crippen molar-refractivity contribution in [1.29, 1.82) is 0 Å². The smallest absolute Gasteiger partial charge is 0.116 e. The first-order chi connectivity index (χ1) is 6.74. The van der Waals surface area contributed by atoms with Gasteiger partial charge in [-0.1, -0.05) is 5.57 Å². The summed E-state index contributed by atoms with van der Waals surface area (Å²) in [6, 6.07) is 1.87. The molecular weight excluding hydrogens is 174 g/mol. The zero-order valence-electron chi connectivity index (χ0n) is 8.86. The van der Waals surface area contributed by atoms with Crippen LogP contribution in [-0.4, -0.2) is 22.2 Å². The molecule has 0 aliphatic rings. The van der Waals surface area contributed by atoms with Crippen molar-refractivity contribution in [1.82, 2.24) is 9.97 Å². The van der Waals surface area contributed by atoms with Gasteiger partial charge in [0.05, 0.1) is 11.4 Å². The van der Waals surface area contributed by atoms with E-state index in [1.165, 1.54) is 5.57 Å². The van der Waals surface area contributed by atoms with E-state index >= 15 is 0 Å². The second-order valence-electron chi connectivity index (χ2n) is 3.18. The molecule has 0 aliphatic heterocycles.